The largest absolute Gasteiger partial charge is 0.493 e. The van der Waals surface area contributed by atoms with Crippen molar-refractivity contribution < 1.29 is 23.5 Å². The Labute approximate surface area is 182 Å². The maximum atomic E-state index is 13.3. The Kier molecular flexibility index (Phi) is 6.83. The molecule has 3 rings (SSSR count). The Morgan fingerprint density at radius 3 is 2.38 bits per heavy atom. The van der Waals surface area contributed by atoms with Crippen molar-refractivity contribution in [2.24, 2.45) is 0 Å². The number of amides is 2. The summed E-state index contributed by atoms with van der Waals surface area (Å²) in [4.78, 5) is 41.9. The highest BCUT2D eigenvalue weighted by Gasteiger charge is 2.19. The van der Waals surface area contributed by atoms with Gasteiger partial charge in [-0.05, 0) is 36.4 Å². The van der Waals surface area contributed by atoms with Gasteiger partial charge in [-0.25, -0.2) is 9.37 Å². The van der Waals surface area contributed by atoms with Gasteiger partial charge in [0.15, 0.2) is 11.5 Å². The first kappa shape index (κ1) is 22.5. The lowest BCUT2D eigenvalue weighted by molar-refractivity contribution is -0.116. The van der Waals surface area contributed by atoms with E-state index in [1.54, 1.807) is 18.2 Å². The SMILES string of the molecule is CNC(=O)c1cnc(-c2ccc(F)cc2)n(CC(=O)Nc2ccc(OC)c(OC)c2)c1=O. The van der Waals surface area contributed by atoms with Gasteiger partial charge >= 0.3 is 0 Å². The zero-order chi connectivity index (χ0) is 23.3. The molecule has 0 saturated carbocycles. The number of hydrogen-bond acceptors (Lipinski definition) is 6. The zero-order valence-electron chi connectivity index (χ0n) is 17.6. The van der Waals surface area contributed by atoms with Crippen LogP contribution in [-0.2, 0) is 11.3 Å². The molecule has 10 heteroatoms. The van der Waals surface area contributed by atoms with Gasteiger partial charge < -0.3 is 20.1 Å². The van der Waals surface area contributed by atoms with Gasteiger partial charge in [0.05, 0.1) is 14.2 Å². The second-order valence-electron chi connectivity index (χ2n) is 6.59. The van der Waals surface area contributed by atoms with Gasteiger partial charge in [-0.15, -0.1) is 0 Å². The molecule has 32 heavy (non-hydrogen) atoms. The van der Waals surface area contributed by atoms with E-state index in [9.17, 15) is 18.8 Å². The molecule has 0 aliphatic rings. The summed E-state index contributed by atoms with van der Waals surface area (Å²) in [5.74, 6) is -0.623. The third-order valence-electron chi connectivity index (χ3n) is 4.59. The Balaban J connectivity index is 1.97. The third-order valence-corrected chi connectivity index (χ3v) is 4.59. The fourth-order valence-corrected chi connectivity index (χ4v) is 3.02. The lowest BCUT2D eigenvalue weighted by Crippen LogP contribution is -2.35. The highest BCUT2D eigenvalue weighted by atomic mass is 19.1. The van der Waals surface area contributed by atoms with E-state index in [4.69, 9.17) is 9.47 Å². The van der Waals surface area contributed by atoms with E-state index in [0.29, 0.717) is 22.7 Å². The monoisotopic (exact) mass is 440 g/mol. The predicted octanol–water partition coefficient (Wildman–Crippen LogP) is 2.06. The second-order valence-corrected chi connectivity index (χ2v) is 6.59. The molecule has 0 radical (unpaired) electrons. The van der Waals surface area contributed by atoms with Crippen molar-refractivity contribution in [3.05, 3.63) is 70.4 Å². The standard InChI is InChI=1S/C22H21FN4O5/c1-24-21(29)16-11-25-20(13-4-6-14(23)7-5-13)27(22(16)30)12-19(28)26-15-8-9-17(31-2)18(10-15)32-3/h4-11H,12H2,1-3H3,(H,24,29)(H,26,28). The van der Waals surface area contributed by atoms with Crippen molar-refractivity contribution in [2.75, 3.05) is 26.6 Å². The van der Waals surface area contributed by atoms with Crippen LogP contribution in [0.25, 0.3) is 11.4 Å². The van der Waals surface area contributed by atoms with Gasteiger partial charge in [0.1, 0.15) is 23.7 Å². The van der Waals surface area contributed by atoms with Crippen LogP contribution in [0.1, 0.15) is 10.4 Å². The molecular weight excluding hydrogens is 419 g/mol. The molecule has 2 amide bonds. The number of anilines is 1. The summed E-state index contributed by atoms with van der Waals surface area (Å²) >= 11 is 0. The van der Waals surface area contributed by atoms with Crippen molar-refractivity contribution in [2.45, 2.75) is 6.54 Å². The van der Waals surface area contributed by atoms with Crippen molar-refractivity contribution in [3.8, 4) is 22.9 Å². The molecule has 0 bridgehead atoms. The van der Waals surface area contributed by atoms with Crippen LogP contribution >= 0.6 is 0 Å². The number of carbonyl (C=O) groups excluding carboxylic acids is 2. The lowest BCUT2D eigenvalue weighted by Gasteiger charge is -2.14. The van der Waals surface area contributed by atoms with Gasteiger partial charge in [0.2, 0.25) is 5.91 Å². The topological polar surface area (TPSA) is 112 Å². The molecule has 1 aromatic heterocycles. The number of aromatic nitrogens is 2. The van der Waals surface area contributed by atoms with Crippen LogP contribution in [0, 0.1) is 5.82 Å². The van der Waals surface area contributed by atoms with Gasteiger partial charge in [-0.2, -0.15) is 0 Å². The molecule has 2 N–H and O–H groups in total. The lowest BCUT2D eigenvalue weighted by atomic mass is 10.2. The van der Waals surface area contributed by atoms with Crippen LogP contribution in [0.4, 0.5) is 10.1 Å². The quantitative estimate of drug-likeness (QED) is 0.582. The van der Waals surface area contributed by atoms with E-state index in [2.05, 4.69) is 15.6 Å². The molecule has 0 atom stereocenters. The first-order chi connectivity index (χ1) is 15.4. The van der Waals surface area contributed by atoms with E-state index in [1.165, 1.54) is 45.5 Å². The van der Waals surface area contributed by atoms with E-state index < -0.39 is 29.7 Å². The van der Waals surface area contributed by atoms with E-state index in [-0.39, 0.29) is 11.4 Å². The summed E-state index contributed by atoms with van der Waals surface area (Å²) in [6, 6.07) is 10.1. The number of methoxy groups -OCH3 is 2. The molecule has 0 unspecified atom stereocenters. The molecule has 0 spiro atoms. The van der Waals surface area contributed by atoms with Gasteiger partial charge in [0.25, 0.3) is 11.5 Å². The summed E-state index contributed by atoms with van der Waals surface area (Å²) in [6.07, 6.45) is 1.13. The third kappa shape index (κ3) is 4.75. The molecule has 3 aromatic rings. The Morgan fingerprint density at radius 2 is 1.75 bits per heavy atom. The van der Waals surface area contributed by atoms with E-state index in [0.717, 1.165) is 10.8 Å². The number of carbonyl (C=O) groups is 2. The predicted molar refractivity (Wildman–Crippen MR) is 115 cm³/mol. The Hall–Kier alpha value is -4.21. The van der Waals surface area contributed by atoms with Crippen molar-refractivity contribution in [3.63, 3.8) is 0 Å². The average molecular weight is 440 g/mol. The summed E-state index contributed by atoms with van der Waals surface area (Å²) in [6.45, 7) is -0.433. The van der Waals surface area contributed by atoms with E-state index in [1.807, 2.05) is 0 Å². The number of ether oxygens (including phenoxy) is 2. The normalized spacial score (nSPS) is 10.4. The van der Waals surface area contributed by atoms with Crippen LogP contribution in [0.15, 0.2) is 53.5 Å². The minimum Gasteiger partial charge on any atom is -0.493 e. The summed E-state index contributed by atoms with van der Waals surface area (Å²) < 4.78 is 24.8. The number of halogens is 1. The minimum absolute atomic E-state index is 0.116. The molecule has 166 valence electrons. The molecule has 0 saturated heterocycles. The maximum absolute atomic E-state index is 13.3. The van der Waals surface area contributed by atoms with Crippen LogP contribution in [0.2, 0.25) is 0 Å². The summed E-state index contributed by atoms with van der Waals surface area (Å²) in [5, 5.41) is 5.04. The van der Waals surface area contributed by atoms with Crippen molar-refractivity contribution in [1.29, 1.82) is 0 Å². The molecule has 0 aliphatic carbocycles. The van der Waals surface area contributed by atoms with Crippen molar-refractivity contribution >= 4 is 17.5 Å². The van der Waals surface area contributed by atoms with E-state index >= 15 is 0 Å². The molecule has 2 aromatic carbocycles. The average Bonchev–Trinajstić information content (AvgIpc) is 2.80. The smallest absolute Gasteiger partial charge is 0.267 e. The fourth-order valence-electron chi connectivity index (χ4n) is 3.02. The fraction of sp³-hybridized carbons (Fsp3) is 0.182. The van der Waals surface area contributed by atoms with Crippen LogP contribution in [-0.4, -0.2) is 42.6 Å². The molecular formula is C22H21FN4O5. The number of benzene rings is 2. The second kappa shape index (κ2) is 9.73. The number of hydrogen-bond donors (Lipinski definition) is 2. The van der Waals surface area contributed by atoms with Crippen LogP contribution in [0.5, 0.6) is 11.5 Å². The first-order valence-electron chi connectivity index (χ1n) is 9.47. The van der Waals surface area contributed by atoms with Gasteiger partial charge in [-0.3, -0.25) is 19.0 Å². The molecule has 1 heterocycles. The van der Waals surface area contributed by atoms with Gasteiger partial charge in [0, 0.05) is 30.6 Å². The van der Waals surface area contributed by atoms with Crippen molar-refractivity contribution in [1.82, 2.24) is 14.9 Å². The minimum atomic E-state index is -0.707. The Bertz CT molecular complexity index is 1210. The number of nitrogens with zero attached hydrogens (tertiary/aromatic N) is 2. The number of nitrogens with one attached hydrogen (secondary N) is 2. The molecule has 0 aliphatic heterocycles. The summed E-state index contributed by atoms with van der Waals surface area (Å²) in [5.41, 5.74) is -0.108. The first-order valence-corrected chi connectivity index (χ1v) is 9.47. The van der Waals surface area contributed by atoms with Crippen LogP contribution < -0.4 is 25.7 Å². The molecule has 0 fully saturated rings. The Morgan fingerprint density at radius 1 is 1.06 bits per heavy atom. The maximum Gasteiger partial charge on any atom is 0.267 e. The van der Waals surface area contributed by atoms with Crippen LogP contribution in [0.3, 0.4) is 0 Å². The van der Waals surface area contributed by atoms with Gasteiger partial charge in [-0.1, -0.05) is 0 Å². The molecule has 9 nitrogen and oxygen atoms in total. The highest BCUT2D eigenvalue weighted by molar-refractivity contribution is 5.94. The number of rotatable bonds is 7. The summed E-state index contributed by atoms with van der Waals surface area (Å²) in [7, 11) is 4.34. The highest BCUT2D eigenvalue weighted by Crippen LogP contribution is 2.29. The zero-order valence-corrected chi connectivity index (χ0v) is 17.6.